The molecule has 2 fully saturated rings. The fourth-order valence-corrected chi connectivity index (χ4v) is 3.59. The lowest BCUT2D eigenvalue weighted by Gasteiger charge is -2.36. The first-order valence-electron chi connectivity index (χ1n) is 7.67. The SMILES string of the molecule is COC1CN(C(=O)CC2(CN)CCCCC2)CC1OC. The van der Waals surface area contributed by atoms with E-state index in [1.165, 1.54) is 19.3 Å². The van der Waals surface area contributed by atoms with E-state index < -0.39 is 0 Å². The molecule has 5 nitrogen and oxygen atoms in total. The summed E-state index contributed by atoms with van der Waals surface area (Å²) in [4.78, 5) is 14.4. The zero-order chi connectivity index (χ0) is 14.6. The molecule has 2 unspecified atom stereocenters. The van der Waals surface area contributed by atoms with Crippen molar-refractivity contribution in [3.63, 3.8) is 0 Å². The van der Waals surface area contributed by atoms with E-state index in [1.54, 1.807) is 14.2 Å². The number of carbonyl (C=O) groups excluding carboxylic acids is 1. The largest absolute Gasteiger partial charge is 0.377 e. The molecule has 116 valence electrons. The van der Waals surface area contributed by atoms with Crippen molar-refractivity contribution in [2.75, 3.05) is 33.9 Å². The molecule has 1 amide bonds. The van der Waals surface area contributed by atoms with Crippen LogP contribution < -0.4 is 5.73 Å². The quantitative estimate of drug-likeness (QED) is 0.823. The molecule has 20 heavy (non-hydrogen) atoms. The molecule has 0 spiro atoms. The summed E-state index contributed by atoms with van der Waals surface area (Å²) in [5, 5.41) is 0. The van der Waals surface area contributed by atoms with Crippen LogP contribution in [0, 0.1) is 5.41 Å². The third-order valence-electron chi connectivity index (χ3n) is 5.05. The number of rotatable bonds is 5. The topological polar surface area (TPSA) is 64.8 Å². The molecule has 2 atom stereocenters. The van der Waals surface area contributed by atoms with Gasteiger partial charge in [0.05, 0.1) is 0 Å². The number of nitrogens with two attached hydrogens (primary N) is 1. The van der Waals surface area contributed by atoms with Crippen molar-refractivity contribution in [1.29, 1.82) is 0 Å². The second-order valence-electron chi connectivity index (χ2n) is 6.29. The van der Waals surface area contributed by atoms with Gasteiger partial charge in [-0.1, -0.05) is 19.3 Å². The number of hydrogen-bond acceptors (Lipinski definition) is 4. The molecule has 1 saturated heterocycles. The minimum atomic E-state index is -0.0101. The first-order chi connectivity index (χ1) is 9.64. The van der Waals surface area contributed by atoms with Crippen LogP contribution in [-0.2, 0) is 14.3 Å². The van der Waals surface area contributed by atoms with E-state index in [1.807, 2.05) is 4.90 Å². The van der Waals surface area contributed by atoms with Crippen molar-refractivity contribution in [3.8, 4) is 0 Å². The highest BCUT2D eigenvalue weighted by atomic mass is 16.5. The fourth-order valence-electron chi connectivity index (χ4n) is 3.59. The van der Waals surface area contributed by atoms with Crippen LogP contribution in [0.3, 0.4) is 0 Å². The summed E-state index contributed by atoms with van der Waals surface area (Å²) < 4.78 is 10.8. The van der Waals surface area contributed by atoms with Crippen LogP contribution >= 0.6 is 0 Å². The van der Waals surface area contributed by atoms with Crippen LogP contribution in [-0.4, -0.2) is 56.9 Å². The molecule has 1 saturated carbocycles. The molecule has 0 bridgehead atoms. The van der Waals surface area contributed by atoms with Gasteiger partial charge in [-0.2, -0.15) is 0 Å². The Morgan fingerprint density at radius 3 is 2.15 bits per heavy atom. The molecular weight excluding hydrogens is 256 g/mol. The smallest absolute Gasteiger partial charge is 0.223 e. The molecule has 1 aliphatic carbocycles. The lowest BCUT2D eigenvalue weighted by Crippen LogP contribution is -2.40. The van der Waals surface area contributed by atoms with Gasteiger partial charge in [0, 0.05) is 33.7 Å². The second kappa shape index (κ2) is 6.87. The lowest BCUT2D eigenvalue weighted by molar-refractivity contribution is -0.133. The van der Waals surface area contributed by atoms with Crippen molar-refractivity contribution in [1.82, 2.24) is 4.90 Å². The minimum Gasteiger partial charge on any atom is -0.377 e. The number of nitrogens with zero attached hydrogens (tertiary/aromatic N) is 1. The number of ether oxygens (including phenoxy) is 2. The van der Waals surface area contributed by atoms with Gasteiger partial charge in [-0.3, -0.25) is 4.79 Å². The van der Waals surface area contributed by atoms with Crippen LogP contribution in [0.4, 0.5) is 0 Å². The van der Waals surface area contributed by atoms with E-state index in [0.29, 0.717) is 26.1 Å². The Balaban J connectivity index is 1.94. The number of hydrogen-bond donors (Lipinski definition) is 1. The van der Waals surface area contributed by atoms with Crippen molar-refractivity contribution in [2.24, 2.45) is 11.1 Å². The molecule has 2 N–H and O–H groups in total. The van der Waals surface area contributed by atoms with Crippen LogP contribution in [0.1, 0.15) is 38.5 Å². The number of amides is 1. The van der Waals surface area contributed by atoms with Gasteiger partial charge in [-0.15, -0.1) is 0 Å². The number of likely N-dealkylation sites (tertiary alicyclic amines) is 1. The molecule has 1 aliphatic heterocycles. The van der Waals surface area contributed by atoms with Crippen molar-refractivity contribution in [3.05, 3.63) is 0 Å². The predicted molar refractivity (Wildman–Crippen MR) is 77.4 cm³/mol. The van der Waals surface area contributed by atoms with Gasteiger partial charge in [0.2, 0.25) is 5.91 Å². The Morgan fingerprint density at radius 1 is 1.15 bits per heavy atom. The summed E-state index contributed by atoms with van der Waals surface area (Å²) in [6.45, 7) is 1.89. The summed E-state index contributed by atoms with van der Waals surface area (Å²) in [6, 6.07) is 0. The summed E-state index contributed by atoms with van der Waals surface area (Å²) in [5.41, 5.74) is 6.00. The summed E-state index contributed by atoms with van der Waals surface area (Å²) in [7, 11) is 3.35. The maximum atomic E-state index is 12.6. The number of carbonyl (C=O) groups is 1. The van der Waals surface area contributed by atoms with Gasteiger partial charge in [0.1, 0.15) is 12.2 Å². The van der Waals surface area contributed by atoms with E-state index in [9.17, 15) is 4.79 Å². The fraction of sp³-hybridized carbons (Fsp3) is 0.933. The molecular formula is C15H28N2O3. The van der Waals surface area contributed by atoms with Gasteiger partial charge in [-0.05, 0) is 24.8 Å². The molecule has 0 aromatic carbocycles. The van der Waals surface area contributed by atoms with Crippen molar-refractivity contribution >= 4 is 5.91 Å². The Morgan fingerprint density at radius 2 is 1.70 bits per heavy atom. The van der Waals surface area contributed by atoms with Gasteiger partial charge in [0.25, 0.3) is 0 Å². The highest BCUT2D eigenvalue weighted by molar-refractivity contribution is 5.77. The first kappa shape index (κ1) is 15.7. The Labute approximate surface area is 121 Å². The van der Waals surface area contributed by atoms with Gasteiger partial charge < -0.3 is 20.1 Å². The molecule has 5 heteroatoms. The van der Waals surface area contributed by atoms with E-state index in [0.717, 1.165) is 12.8 Å². The van der Waals surface area contributed by atoms with Crippen LogP contribution in [0.25, 0.3) is 0 Å². The van der Waals surface area contributed by atoms with Gasteiger partial charge >= 0.3 is 0 Å². The van der Waals surface area contributed by atoms with Crippen LogP contribution in [0.5, 0.6) is 0 Å². The average Bonchev–Trinajstić information content (AvgIpc) is 2.91. The monoisotopic (exact) mass is 284 g/mol. The molecule has 2 aliphatic rings. The molecule has 1 heterocycles. The third kappa shape index (κ3) is 3.32. The maximum absolute atomic E-state index is 12.6. The lowest BCUT2D eigenvalue weighted by atomic mass is 9.71. The first-order valence-corrected chi connectivity index (χ1v) is 7.67. The molecule has 2 rings (SSSR count). The highest BCUT2D eigenvalue weighted by Crippen LogP contribution is 2.39. The molecule has 0 radical (unpaired) electrons. The Bertz CT molecular complexity index is 317. The van der Waals surface area contributed by atoms with E-state index in [-0.39, 0.29) is 23.5 Å². The maximum Gasteiger partial charge on any atom is 0.223 e. The average molecular weight is 284 g/mol. The van der Waals surface area contributed by atoms with Crippen molar-refractivity contribution in [2.45, 2.75) is 50.7 Å². The van der Waals surface area contributed by atoms with Gasteiger partial charge in [0.15, 0.2) is 0 Å². The standard InChI is InChI=1S/C15H28N2O3/c1-19-12-9-17(10-13(12)20-2)14(18)8-15(11-16)6-4-3-5-7-15/h12-13H,3-11,16H2,1-2H3. The summed E-state index contributed by atoms with van der Waals surface area (Å²) in [5.74, 6) is 0.207. The van der Waals surface area contributed by atoms with E-state index in [2.05, 4.69) is 0 Å². The summed E-state index contributed by atoms with van der Waals surface area (Å²) in [6.07, 6.45) is 6.41. The van der Waals surface area contributed by atoms with Crippen LogP contribution in [0.2, 0.25) is 0 Å². The molecule has 0 aromatic rings. The zero-order valence-corrected chi connectivity index (χ0v) is 12.8. The highest BCUT2D eigenvalue weighted by Gasteiger charge is 2.39. The Kier molecular flexibility index (Phi) is 5.41. The van der Waals surface area contributed by atoms with Crippen molar-refractivity contribution < 1.29 is 14.3 Å². The molecule has 0 aromatic heterocycles. The predicted octanol–water partition coefficient (Wildman–Crippen LogP) is 1.16. The van der Waals surface area contributed by atoms with Gasteiger partial charge in [-0.25, -0.2) is 0 Å². The minimum absolute atomic E-state index is 0.0101. The second-order valence-corrected chi connectivity index (χ2v) is 6.29. The zero-order valence-electron chi connectivity index (χ0n) is 12.8. The Hall–Kier alpha value is -0.650. The summed E-state index contributed by atoms with van der Waals surface area (Å²) >= 11 is 0. The normalized spacial score (nSPS) is 29.6. The number of methoxy groups -OCH3 is 2. The van der Waals surface area contributed by atoms with E-state index >= 15 is 0 Å². The van der Waals surface area contributed by atoms with E-state index in [4.69, 9.17) is 15.2 Å². The van der Waals surface area contributed by atoms with Crippen LogP contribution in [0.15, 0.2) is 0 Å². The third-order valence-corrected chi connectivity index (χ3v) is 5.05.